The smallest absolute Gasteiger partial charge is 0.123 e. The minimum Gasteiger partial charge on any atom is -0.242 e. The number of aromatic nitrogens is 1. The molecule has 90 valence electrons. The molecule has 1 aliphatic carbocycles. The van der Waals surface area contributed by atoms with Crippen molar-refractivity contribution in [2.45, 2.75) is 40.0 Å². The Morgan fingerprint density at radius 3 is 2.94 bits per heavy atom. The number of aryl methyl sites for hydroxylation is 1. The van der Waals surface area contributed by atoms with Crippen LogP contribution in [0.5, 0.6) is 0 Å². The van der Waals surface area contributed by atoms with E-state index in [9.17, 15) is 0 Å². The highest BCUT2D eigenvalue weighted by molar-refractivity contribution is 7.16. The average molecular weight is 245 g/mol. The molecule has 2 heterocycles. The molecule has 0 amide bonds. The van der Waals surface area contributed by atoms with E-state index in [4.69, 9.17) is 4.98 Å². The van der Waals surface area contributed by atoms with Crippen molar-refractivity contribution in [1.29, 1.82) is 0 Å². The fourth-order valence-corrected chi connectivity index (χ4v) is 3.56. The van der Waals surface area contributed by atoms with Crippen molar-refractivity contribution in [1.82, 2.24) is 4.98 Å². The van der Waals surface area contributed by atoms with Gasteiger partial charge in [-0.3, -0.25) is 0 Å². The van der Waals surface area contributed by atoms with Gasteiger partial charge in [0.25, 0.3) is 0 Å². The van der Waals surface area contributed by atoms with Crippen molar-refractivity contribution < 1.29 is 0 Å². The Morgan fingerprint density at radius 2 is 2.18 bits per heavy atom. The molecule has 2 aromatic rings. The molecule has 2 heteroatoms. The number of hydrogen-bond donors (Lipinski definition) is 0. The van der Waals surface area contributed by atoms with Crippen molar-refractivity contribution in [3.8, 4) is 0 Å². The van der Waals surface area contributed by atoms with Gasteiger partial charge < -0.3 is 0 Å². The summed E-state index contributed by atoms with van der Waals surface area (Å²) in [5.41, 5.74) is 3.25. The van der Waals surface area contributed by atoms with Crippen LogP contribution < -0.4 is 0 Å². The Balaban J connectivity index is 2.01. The van der Waals surface area contributed by atoms with Gasteiger partial charge in [0.2, 0.25) is 0 Å². The Morgan fingerprint density at radius 1 is 1.35 bits per heavy atom. The molecule has 1 nitrogen and oxygen atoms in total. The largest absolute Gasteiger partial charge is 0.242 e. The molecular weight excluding hydrogens is 226 g/mol. The molecule has 0 aromatic carbocycles. The zero-order valence-corrected chi connectivity index (χ0v) is 11.6. The number of hydrogen-bond acceptors (Lipinski definition) is 2. The summed E-state index contributed by atoms with van der Waals surface area (Å²) in [7, 11) is 0. The first-order chi connectivity index (χ1) is 8.04. The zero-order valence-electron chi connectivity index (χ0n) is 10.8. The second-order valence-electron chi connectivity index (χ2n) is 6.21. The molecule has 0 fully saturated rings. The molecule has 0 radical (unpaired) electrons. The highest BCUT2D eigenvalue weighted by atomic mass is 32.1. The van der Waals surface area contributed by atoms with E-state index in [1.807, 2.05) is 0 Å². The first-order valence-electron chi connectivity index (χ1n) is 6.40. The van der Waals surface area contributed by atoms with Crippen molar-refractivity contribution in [2.75, 3.05) is 0 Å². The molecule has 1 aliphatic rings. The van der Waals surface area contributed by atoms with Crippen molar-refractivity contribution in [3.05, 3.63) is 28.8 Å². The lowest BCUT2D eigenvalue weighted by atomic mass is 9.71. The van der Waals surface area contributed by atoms with Crippen LogP contribution in [0.1, 0.15) is 38.4 Å². The van der Waals surface area contributed by atoms with Gasteiger partial charge in [-0.15, -0.1) is 11.3 Å². The summed E-state index contributed by atoms with van der Waals surface area (Å²) in [5.74, 6) is 0.799. The summed E-state index contributed by atoms with van der Waals surface area (Å²) in [6.45, 7) is 7.08. The van der Waals surface area contributed by atoms with Crippen LogP contribution in [0.4, 0.5) is 0 Å². The molecule has 2 aromatic heterocycles. The summed E-state index contributed by atoms with van der Waals surface area (Å²) in [5, 5.41) is 3.47. The molecule has 0 bridgehead atoms. The fraction of sp³-hybridized carbons (Fsp3) is 0.533. The normalized spacial score (nSPS) is 20.5. The van der Waals surface area contributed by atoms with Crippen LogP contribution in [-0.4, -0.2) is 4.98 Å². The number of nitrogens with zero attached hydrogens (tertiary/aromatic N) is 1. The second-order valence-corrected chi connectivity index (χ2v) is 7.11. The maximum atomic E-state index is 4.81. The molecule has 0 saturated heterocycles. The van der Waals surface area contributed by atoms with Gasteiger partial charge in [-0.05, 0) is 53.7 Å². The molecule has 0 spiro atoms. The topological polar surface area (TPSA) is 12.9 Å². The highest BCUT2D eigenvalue weighted by Crippen LogP contribution is 2.37. The van der Waals surface area contributed by atoms with Crippen molar-refractivity contribution >= 4 is 21.6 Å². The molecule has 0 saturated carbocycles. The maximum Gasteiger partial charge on any atom is 0.123 e. The van der Waals surface area contributed by atoms with Crippen LogP contribution in [0.3, 0.4) is 0 Å². The Labute approximate surface area is 107 Å². The second kappa shape index (κ2) is 3.81. The van der Waals surface area contributed by atoms with E-state index in [-0.39, 0.29) is 0 Å². The lowest BCUT2D eigenvalue weighted by Gasteiger charge is -2.34. The van der Waals surface area contributed by atoms with Gasteiger partial charge in [-0.1, -0.05) is 20.8 Å². The van der Waals surface area contributed by atoms with E-state index < -0.39 is 0 Å². The standard InChI is InChI=1S/C15H19NS/c1-15(2,3)12-4-5-13-11(9-12)8-10-6-7-17-14(10)16-13/h6-8,12H,4-5,9H2,1-3H3/t12-/m0/s1. The van der Waals surface area contributed by atoms with Gasteiger partial charge in [0, 0.05) is 11.1 Å². The van der Waals surface area contributed by atoms with Crippen LogP contribution in [0.15, 0.2) is 17.5 Å². The first kappa shape index (κ1) is 11.2. The van der Waals surface area contributed by atoms with Gasteiger partial charge >= 0.3 is 0 Å². The molecule has 3 rings (SSSR count). The number of pyridine rings is 1. The Bertz CT molecular complexity index is 548. The lowest BCUT2D eigenvalue weighted by Crippen LogP contribution is -2.27. The van der Waals surface area contributed by atoms with Gasteiger partial charge in [0.15, 0.2) is 0 Å². The third-order valence-corrected chi connectivity index (χ3v) is 4.85. The Kier molecular flexibility index (Phi) is 2.51. The number of fused-ring (bicyclic) bond motifs is 2. The van der Waals surface area contributed by atoms with E-state index >= 15 is 0 Å². The highest BCUT2D eigenvalue weighted by Gasteiger charge is 2.29. The molecule has 0 aliphatic heterocycles. The first-order valence-corrected chi connectivity index (χ1v) is 7.28. The third-order valence-electron chi connectivity index (χ3n) is 4.03. The third kappa shape index (κ3) is 1.99. The number of rotatable bonds is 0. The van der Waals surface area contributed by atoms with E-state index in [0.717, 1.165) is 12.3 Å². The summed E-state index contributed by atoms with van der Waals surface area (Å²) >= 11 is 1.76. The van der Waals surface area contributed by atoms with Crippen LogP contribution in [-0.2, 0) is 12.8 Å². The minimum atomic E-state index is 0.418. The van der Waals surface area contributed by atoms with E-state index in [1.165, 1.54) is 34.3 Å². The minimum absolute atomic E-state index is 0.418. The number of thiophene rings is 1. The van der Waals surface area contributed by atoms with E-state index in [2.05, 4.69) is 38.3 Å². The van der Waals surface area contributed by atoms with Crippen LogP contribution >= 0.6 is 11.3 Å². The summed E-state index contributed by atoms with van der Waals surface area (Å²) in [6, 6.07) is 4.56. The van der Waals surface area contributed by atoms with E-state index in [1.54, 1.807) is 11.3 Å². The molecule has 0 N–H and O–H groups in total. The van der Waals surface area contributed by atoms with Crippen molar-refractivity contribution in [2.24, 2.45) is 11.3 Å². The predicted octanol–water partition coefficient (Wildman–Crippen LogP) is 4.45. The molecule has 0 unspecified atom stereocenters. The van der Waals surface area contributed by atoms with Crippen LogP contribution in [0.2, 0.25) is 0 Å². The van der Waals surface area contributed by atoms with Gasteiger partial charge in [0.1, 0.15) is 4.83 Å². The molecule has 1 atom stereocenters. The monoisotopic (exact) mass is 245 g/mol. The van der Waals surface area contributed by atoms with Gasteiger partial charge in [-0.2, -0.15) is 0 Å². The maximum absolute atomic E-state index is 4.81. The summed E-state index contributed by atoms with van der Waals surface area (Å²) in [4.78, 5) is 6.02. The fourth-order valence-electron chi connectivity index (χ4n) is 2.79. The van der Waals surface area contributed by atoms with Crippen molar-refractivity contribution in [3.63, 3.8) is 0 Å². The molecular formula is C15H19NS. The average Bonchev–Trinajstić information content (AvgIpc) is 2.70. The van der Waals surface area contributed by atoms with E-state index in [0.29, 0.717) is 5.41 Å². The predicted molar refractivity (Wildman–Crippen MR) is 74.6 cm³/mol. The van der Waals surface area contributed by atoms with Crippen LogP contribution in [0.25, 0.3) is 10.2 Å². The van der Waals surface area contributed by atoms with Gasteiger partial charge in [-0.25, -0.2) is 4.98 Å². The van der Waals surface area contributed by atoms with Gasteiger partial charge in [0.05, 0.1) is 0 Å². The quantitative estimate of drug-likeness (QED) is 0.668. The Hall–Kier alpha value is -0.890. The summed E-state index contributed by atoms with van der Waals surface area (Å²) in [6.07, 6.45) is 3.66. The lowest BCUT2D eigenvalue weighted by molar-refractivity contribution is 0.215. The SMILES string of the molecule is CC(C)(C)[C@H]1CCc2nc3sccc3cc2C1. The zero-order chi connectivity index (χ0) is 12.0. The molecule has 17 heavy (non-hydrogen) atoms. The summed E-state index contributed by atoms with van der Waals surface area (Å²) < 4.78 is 0. The van der Waals surface area contributed by atoms with Crippen LogP contribution in [0, 0.1) is 11.3 Å².